The van der Waals surface area contributed by atoms with Crippen molar-refractivity contribution in [2.24, 2.45) is 0 Å². The quantitative estimate of drug-likeness (QED) is 0.466. The molecular weight excluding hydrogens is 204 g/mol. The van der Waals surface area contributed by atoms with E-state index in [1.165, 1.54) is 0 Å². The van der Waals surface area contributed by atoms with Crippen LogP contribution in [0.15, 0.2) is 0 Å². The zero-order valence-electron chi connectivity index (χ0n) is 12.4. The molecule has 0 rings (SSSR count). The van der Waals surface area contributed by atoms with E-state index in [-0.39, 0.29) is 0 Å². The van der Waals surface area contributed by atoms with Crippen LogP contribution in [0.25, 0.3) is 0 Å². The van der Waals surface area contributed by atoms with Crippen molar-refractivity contribution in [2.45, 2.75) is 19.7 Å². The first-order valence-corrected chi connectivity index (χ1v) is 3.94. The number of esters is 3. The topological polar surface area (TPSA) is 78.9 Å². The van der Waals surface area contributed by atoms with Gasteiger partial charge in [-0.2, -0.15) is 0 Å². The lowest BCUT2D eigenvalue weighted by Gasteiger charge is -2.03. The van der Waals surface area contributed by atoms with Crippen LogP contribution < -0.4 is 0 Å². The van der Waals surface area contributed by atoms with Gasteiger partial charge in [0.25, 0.3) is 0 Å². The number of carbonyl (C=O) groups is 3. The second-order valence-corrected chi connectivity index (χ2v) is 2.24. The maximum absolute atomic E-state index is 11.3. The van der Waals surface area contributed by atoms with Gasteiger partial charge in [-0.05, 0) is 6.42 Å². The number of hydrogen-bond acceptors (Lipinski definition) is 6. The van der Waals surface area contributed by atoms with Crippen LogP contribution in [0.5, 0.6) is 0 Å². The van der Waals surface area contributed by atoms with Crippen LogP contribution in [0.1, 0.15) is 25.2 Å². The maximum Gasteiger partial charge on any atom is 0.344 e. The molecule has 6 nitrogen and oxygen atoms in total. The van der Waals surface area contributed by atoms with Crippen LogP contribution in [0, 0.1) is 0 Å². The zero-order valence-corrected chi connectivity index (χ0v) is 8.36. The molecule has 0 heterocycles. The van der Waals surface area contributed by atoms with Crippen molar-refractivity contribution in [2.75, 3.05) is 20.3 Å². The van der Waals surface area contributed by atoms with E-state index in [4.69, 9.17) is 5.48 Å². The highest BCUT2D eigenvalue weighted by Gasteiger charge is 2.07. The largest absolute Gasteiger partial charge is 0.466 e. The number of ether oxygens (including phenoxy) is 3. The van der Waals surface area contributed by atoms with Gasteiger partial charge in [-0.1, -0.05) is 0 Å². The smallest absolute Gasteiger partial charge is 0.344 e. The summed E-state index contributed by atoms with van der Waals surface area (Å²) in [7, 11) is 1.06. The first-order valence-electron chi connectivity index (χ1n) is 5.94. The highest BCUT2D eigenvalue weighted by molar-refractivity contribution is 5.76. The molecule has 0 aliphatic heterocycles. The average Bonchev–Trinajstić information content (AvgIpc) is 2.21. The molecule has 0 amide bonds. The van der Waals surface area contributed by atoms with Crippen molar-refractivity contribution in [3.8, 4) is 0 Å². The number of methoxy groups -OCH3 is 1. The maximum atomic E-state index is 11.3. The lowest BCUT2D eigenvalue weighted by atomic mass is 10.3. The first-order chi connectivity index (χ1) is 8.50. The molecule has 0 aromatic rings. The minimum Gasteiger partial charge on any atom is -0.466 e. The zero-order chi connectivity index (χ0) is 15.3. The molecule has 0 saturated heterocycles. The molecule has 0 aromatic heterocycles. The van der Waals surface area contributed by atoms with Crippen LogP contribution in [0.3, 0.4) is 0 Å². The van der Waals surface area contributed by atoms with Crippen molar-refractivity contribution in [1.82, 2.24) is 0 Å². The summed E-state index contributed by atoms with van der Waals surface area (Å²) in [6, 6.07) is 0. The fourth-order valence-electron chi connectivity index (χ4n) is 0.480. The standard InChI is InChI=1S/C9H14O6/c1-7(10)14-5-3-4-8(11)15-6-9(12)13-2/h3-6H2,1-2H3/i4D2,5D2. The number of carbonyl (C=O) groups excluding carboxylic acids is 3. The SMILES string of the molecule is [2H]C([2H])(CC([2H])([2H])C(=O)OCC(=O)OC)OC(C)=O. The summed E-state index contributed by atoms with van der Waals surface area (Å²) in [5.41, 5.74) is 0. The van der Waals surface area contributed by atoms with Gasteiger partial charge in [0.05, 0.1) is 16.4 Å². The molecule has 0 spiro atoms. The van der Waals surface area contributed by atoms with E-state index in [1.807, 2.05) is 0 Å². The molecule has 0 fully saturated rings. The molecule has 0 aromatic carbocycles. The second-order valence-electron chi connectivity index (χ2n) is 2.24. The van der Waals surface area contributed by atoms with Crippen molar-refractivity contribution in [3.63, 3.8) is 0 Å². The molecule has 0 radical (unpaired) electrons. The van der Waals surface area contributed by atoms with E-state index >= 15 is 0 Å². The predicted octanol–water partition coefficient (Wildman–Crippen LogP) is 0.0459. The van der Waals surface area contributed by atoms with Crippen LogP contribution in [-0.4, -0.2) is 38.2 Å². The third kappa shape index (κ3) is 8.73. The fourth-order valence-corrected chi connectivity index (χ4v) is 0.480. The molecule has 15 heavy (non-hydrogen) atoms. The summed E-state index contributed by atoms with van der Waals surface area (Å²) in [6.07, 6.45) is -3.81. The fraction of sp³-hybridized carbons (Fsp3) is 0.667. The molecule has 0 bridgehead atoms. The Morgan fingerprint density at radius 3 is 2.40 bits per heavy atom. The van der Waals surface area contributed by atoms with Gasteiger partial charge in [-0.15, -0.1) is 0 Å². The van der Waals surface area contributed by atoms with Gasteiger partial charge in [0.1, 0.15) is 0 Å². The second kappa shape index (κ2) is 7.78. The normalized spacial score (nSPS) is 15.1. The predicted molar refractivity (Wildman–Crippen MR) is 48.8 cm³/mol. The lowest BCUT2D eigenvalue weighted by molar-refractivity contribution is -0.157. The summed E-state index contributed by atoms with van der Waals surface area (Å²) in [4.78, 5) is 32.7. The molecule has 0 N–H and O–H groups in total. The van der Waals surface area contributed by atoms with E-state index in [9.17, 15) is 14.4 Å². The van der Waals surface area contributed by atoms with Gasteiger partial charge < -0.3 is 14.2 Å². The van der Waals surface area contributed by atoms with Gasteiger partial charge in [0.2, 0.25) is 0 Å². The average molecular weight is 222 g/mol. The Bertz CT molecular complexity index is 368. The van der Waals surface area contributed by atoms with Crippen LogP contribution in [-0.2, 0) is 28.6 Å². The van der Waals surface area contributed by atoms with Gasteiger partial charge in [-0.25, -0.2) is 4.79 Å². The molecule has 6 heteroatoms. The highest BCUT2D eigenvalue weighted by atomic mass is 16.6. The highest BCUT2D eigenvalue weighted by Crippen LogP contribution is 1.94. The van der Waals surface area contributed by atoms with E-state index in [1.54, 1.807) is 0 Å². The third-order valence-electron chi connectivity index (χ3n) is 1.07. The first kappa shape index (κ1) is 7.67. The van der Waals surface area contributed by atoms with Crippen molar-refractivity contribution < 1.29 is 34.1 Å². The molecule has 0 saturated carbocycles. The Labute approximate surface area is 93.1 Å². The molecule has 0 aliphatic carbocycles. The Kier molecular flexibility index (Phi) is 3.98. The molecule has 86 valence electrons. The van der Waals surface area contributed by atoms with Crippen molar-refractivity contribution in [1.29, 1.82) is 0 Å². The minimum atomic E-state index is -2.76. The summed E-state index contributed by atoms with van der Waals surface area (Å²) < 4.78 is 41.9. The number of rotatable bonds is 6. The van der Waals surface area contributed by atoms with Gasteiger partial charge in [0, 0.05) is 16.0 Å². The van der Waals surface area contributed by atoms with E-state index in [0.717, 1.165) is 14.0 Å². The Balaban J connectivity index is 4.56. The minimum absolute atomic E-state index is 0.786. The van der Waals surface area contributed by atoms with Gasteiger partial charge in [-0.3, -0.25) is 9.59 Å². The molecular formula is C9H14O6. The Hall–Kier alpha value is -1.59. The van der Waals surface area contributed by atoms with E-state index < -0.39 is 43.9 Å². The summed E-state index contributed by atoms with van der Waals surface area (Å²) in [6.45, 7) is -2.51. The van der Waals surface area contributed by atoms with Gasteiger partial charge >= 0.3 is 17.9 Å². The molecule has 0 aliphatic rings. The Morgan fingerprint density at radius 1 is 1.20 bits per heavy atom. The van der Waals surface area contributed by atoms with Gasteiger partial charge in [0.15, 0.2) is 6.61 Å². The van der Waals surface area contributed by atoms with Crippen molar-refractivity contribution >= 4 is 17.9 Å². The van der Waals surface area contributed by atoms with E-state index in [2.05, 4.69) is 14.2 Å². The summed E-state index contributed by atoms with van der Waals surface area (Å²) >= 11 is 0. The number of hydrogen-bond donors (Lipinski definition) is 0. The van der Waals surface area contributed by atoms with Crippen LogP contribution >= 0.6 is 0 Å². The van der Waals surface area contributed by atoms with Crippen LogP contribution in [0.4, 0.5) is 0 Å². The monoisotopic (exact) mass is 222 g/mol. The summed E-state index contributed by atoms with van der Waals surface area (Å²) in [5.74, 6) is -3.29. The molecule has 0 atom stereocenters. The van der Waals surface area contributed by atoms with E-state index in [0.29, 0.717) is 0 Å². The molecule has 0 unspecified atom stereocenters. The third-order valence-corrected chi connectivity index (χ3v) is 1.07. The van der Waals surface area contributed by atoms with Crippen molar-refractivity contribution in [3.05, 3.63) is 0 Å². The Morgan fingerprint density at radius 2 is 1.87 bits per heavy atom. The summed E-state index contributed by atoms with van der Waals surface area (Å²) in [5, 5.41) is 0. The van der Waals surface area contributed by atoms with Crippen LogP contribution in [0.2, 0.25) is 0 Å². The lowest BCUT2D eigenvalue weighted by Crippen LogP contribution is -2.15.